The molecule has 0 aromatic heterocycles. The molecule has 0 aromatic rings. The molecule has 0 aliphatic heterocycles. The summed E-state index contributed by atoms with van der Waals surface area (Å²) in [5.74, 6) is 0. The Morgan fingerprint density at radius 1 is 1.71 bits per heavy atom. The first kappa shape index (κ1) is 7.65. The van der Waals surface area contributed by atoms with E-state index in [2.05, 4.69) is 27.9 Å². The van der Waals surface area contributed by atoms with E-state index in [-0.39, 0.29) is 0 Å². The van der Waals surface area contributed by atoms with Crippen LogP contribution < -0.4 is 5.32 Å². The topological polar surface area (TPSA) is 21.3 Å². The van der Waals surface area contributed by atoms with E-state index in [1.165, 1.54) is 0 Å². The molecule has 0 atom stereocenters. The summed E-state index contributed by atoms with van der Waals surface area (Å²) in [6.07, 6.45) is 0. The molecule has 0 aliphatic carbocycles. The third-order valence-electron chi connectivity index (χ3n) is 0.577. The average molecular weight is 215 g/mol. The first-order valence-corrected chi connectivity index (χ1v) is 3.70. The van der Waals surface area contributed by atoms with Crippen LogP contribution in [0.1, 0.15) is 0 Å². The summed E-state index contributed by atoms with van der Waals surface area (Å²) in [6.45, 7) is 1.77. The molecular weight excluding hydrogens is 205 g/mol. The monoisotopic (exact) mass is 215 g/mol. The summed E-state index contributed by atoms with van der Waals surface area (Å²) >= 11 is 2.26. The molecule has 0 saturated heterocycles. The Morgan fingerprint density at radius 3 is 2.86 bits per heavy atom. The third kappa shape index (κ3) is 6.65. The fourth-order valence-corrected chi connectivity index (χ4v) is 0.622. The van der Waals surface area contributed by atoms with Crippen molar-refractivity contribution in [1.29, 1.82) is 0 Å². The van der Waals surface area contributed by atoms with Crippen molar-refractivity contribution in [3.8, 4) is 0 Å². The van der Waals surface area contributed by atoms with Gasteiger partial charge in [-0.2, -0.15) is 0 Å². The number of hydrogen-bond acceptors (Lipinski definition) is 2. The summed E-state index contributed by atoms with van der Waals surface area (Å²) in [7, 11) is 1.70. The number of methoxy groups -OCH3 is 1. The zero-order valence-electron chi connectivity index (χ0n) is 4.41. The molecule has 0 saturated carbocycles. The maximum atomic E-state index is 4.78. The van der Waals surface area contributed by atoms with Gasteiger partial charge in [-0.15, -0.1) is 0 Å². The predicted molar refractivity (Wildman–Crippen MR) is 38.8 cm³/mol. The second-order valence-electron chi connectivity index (χ2n) is 1.13. The number of nitrogens with one attached hydrogen (secondary N) is 1. The van der Waals surface area contributed by atoms with Crippen molar-refractivity contribution in [2.45, 2.75) is 0 Å². The van der Waals surface area contributed by atoms with E-state index in [1.807, 2.05) is 0 Å². The lowest BCUT2D eigenvalue weighted by atomic mass is 10.7. The Balaban J connectivity index is 2.45. The van der Waals surface area contributed by atoms with E-state index >= 15 is 0 Å². The molecule has 0 aliphatic rings. The van der Waals surface area contributed by atoms with Gasteiger partial charge in [0.15, 0.2) is 0 Å². The molecule has 7 heavy (non-hydrogen) atoms. The van der Waals surface area contributed by atoms with Crippen LogP contribution in [0.3, 0.4) is 0 Å². The van der Waals surface area contributed by atoms with E-state index in [1.54, 1.807) is 7.11 Å². The van der Waals surface area contributed by atoms with Crippen LogP contribution in [0.5, 0.6) is 0 Å². The summed E-state index contributed by atoms with van der Waals surface area (Å²) in [4.78, 5) is 0. The molecule has 2 nitrogen and oxygen atoms in total. The largest absolute Gasteiger partial charge is 0.383 e. The van der Waals surface area contributed by atoms with Crippen LogP contribution in [-0.2, 0) is 4.74 Å². The normalized spacial score (nSPS) is 9.43. The second kappa shape index (κ2) is 6.65. The molecule has 0 radical (unpaired) electrons. The molecule has 0 rings (SSSR count). The molecular formula is C4H10INO. The van der Waals surface area contributed by atoms with Gasteiger partial charge in [0.05, 0.1) is 6.61 Å². The van der Waals surface area contributed by atoms with Crippen LogP contribution in [0.2, 0.25) is 0 Å². The van der Waals surface area contributed by atoms with Gasteiger partial charge in [0.25, 0.3) is 0 Å². The van der Waals surface area contributed by atoms with Crippen molar-refractivity contribution in [1.82, 2.24) is 5.32 Å². The molecule has 0 bridgehead atoms. The fourth-order valence-electron chi connectivity index (χ4n) is 0.241. The maximum absolute atomic E-state index is 4.78. The first-order valence-electron chi connectivity index (χ1n) is 2.17. The van der Waals surface area contributed by atoms with Gasteiger partial charge in [0, 0.05) is 18.2 Å². The summed E-state index contributed by atoms with van der Waals surface area (Å²) in [5, 5.41) is 3.11. The molecule has 3 heteroatoms. The highest BCUT2D eigenvalue weighted by molar-refractivity contribution is 14.1. The summed E-state index contributed by atoms with van der Waals surface area (Å²) in [6, 6.07) is 0. The molecule has 0 spiro atoms. The smallest absolute Gasteiger partial charge is 0.0587 e. The average Bonchev–Trinajstić information content (AvgIpc) is 1.69. The Morgan fingerprint density at radius 2 is 2.43 bits per heavy atom. The highest BCUT2D eigenvalue weighted by atomic mass is 127. The zero-order chi connectivity index (χ0) is 5.54. The Kier molecular flexibility index (Phi) is 7.27. The fraction of sp³-hybridized carbons (Fsp3) is 1.00. The van der Waals surface area contributed by atoms with E-state index in [9.17, 15) is 0 Å². The van der Waals surface area contributed by atoms with Gasteiger partial charge in [-0.05, 0) is 0 Å². The van der Waals surface area contributed by atoms with Gasteiger partial charge in [-0.25, -0.2) is 0 Å². The molecule has 44 valence electrons. The van der Waals surface area contributed by atoms with Crippen LogP contribution in [-0.4, -0.2) is 24.8 Å². The number of ether oxygens (including phenoxy) is 1. The van der Waals surface area contributed by atoms with Crippen LogP contribution >= 0.6 is 22.6 Å². The lowest BCUT2D eigenvalue weighted by Gasteiger charge is -1.95. The van der Waals surface area contributed by atoms with Gasteiger partial charge >= 0.3 is 0 Å². The quantitative estimate of drug-likeness (QED) is 0.321. The zero-order valence-corrected chi connectivity index (χ0v) is 6.57. The van der Waals surface area contributed by atoms with E-state index < -0.39 is 0 Å². The molecule has 1 N–H and O–H groups in total. The second-order valence-corrected chi connectivity index (χ2v) is 1.89. The summed E-state index contributed by atoms with van der Waals surface area (Å²) < 4.78 is 5.78. The number of rotatable bonds is 4. The van der Waals surface area contributed by atoms with Gasteiger partial charge in [0.2, 0.25) is 0 Å². The molecule has 0 heterocycles. The minimum atomic E-state index is 0.809. The minimum absolute atomic E-state index is 0.809. The number of halogens is 1. The van der Waals surface area contributed by atoms with Crippen LogP contribution in [0.15, 0.2) is 0 Å². The van der Waals surface area contributed by atoms with Gasteiger partial charge in [-0.3, -0.25) is 0 Å². The van der Waals surface area contributed by atoms with Crippen molar-refractivity contribution in [3.05, 3.63) is 0 Å². The number of alkyl halides is 1. The Labute approximate surface area is 57.8 Å². The Bertz CT molecular complexity index is 30.9. The van der Waals surface area contributed by atoms with E-state index in [4.69, 9.17) is 4.74 Å². The molecule has 0 aromatic carbocycles. The van der Waals surface area contributed by atoms with Crippen LogP contribution in [0, 0.1) is 0 Å². The Hall–Kier alpha value is 0.650. The van der Waals surface area contributed by atoms with Gasteiger partial charge in [0.1, 0.15) is 0 Å². The van der Waals surface area contributed by atoms with Crippen LogP contribution in [0.4, 0.5) is 0 Å². The SMILES string of the molecule is COCCNCI. The predicted octanol–water partition coefficient (Wildman–Crippen LogP) is 0.615. The number of hydrogen-bond donors (Lipinski definition) is 1. The minimum Gasteiger partial charge on any atom is -0.383 e. The first-order chi connectivity index (χ1) is 3.41. The van der Waals surface area contributed by atoms with Crippen molar-refractivity contribution in [2.24, 2.45) is 0 Å². The highest BCUT2D eigenvalue weighted by Gasteiger charge is 1.77. The standard InChI is InChI=1S/C4H10INO/c1-7-3-2-6-4-5/h6H,2-4H2,1H3. The van der Waals surface area contributed by atoms with Crippen molar-refractivity contribution in [3.63, 3.8) is 0 Å². The van der Waals surface area contributed by atoms with Crippen molar-refractivity contribution in [2.75, 3.05) is 24.8 Å². The molecule has 0 fully saturated rings. The van der Waals surface area contributed by atoms with Gasteiger partial charge < -0.3 is 10.1 Å². The lowest BCUT2D eigenvalue weighted by molar-refractivity contribution is 0.201. The highest BCUT2D eigenvalue weighted by Crippen LogP contribution is 1.71. The summed E-state index contributed by atoms with van der Waals surface area (Å²) in [5.41, 5.74) is 0. The molecule has 0 amide bonds. The van der Waals surface area contributed by atoms with E-state index in [0.717, 1.165) is 17.7 Å². The van der Waals surface area contributed by atoms with Crippen LogP contribution in [0.25, 0.3) is 0 Å². The van der Waals surface area contributed by atoms with E-state index in [0.29, 0.717) is 0 Å². The third-order valence-corrected chi connectivity index (χ3v) is 1.12. The maximum Gasteiger partial charge on any atom is 0.0587 e. The van der Waals surface area contributed by atoms with Crippen molar-refractivity contribution < 1.29 is 4.74 Å². The van der Waals surface area contributed by atoms with Crippen molar-refractivity contribution >= 4 is 22.6 Å². The lowest BCUT2D eigenvalue weighted by Crippen LogP contribution is -2.16. The molecule has 0 unspecified atom stereocenters. The van der Waals surface area contributed by atoms with Gasteiger partial charge in [-0.1, -0.05) is 22.6 Å².